The maximum atomic E-state index is 12.9. The fourth-order valence-electron chi connectivity index (χ4n) is 0.979. The SMILES string of the molecule is O=c1[nH]c2c(F)cc(F)cc2s1. The van der Waals surface area contributed by atoms with Crippen LogP contribution in [0.25, 0.3) is 10.2 Å². The smallest absolute Gasteiger partial charge is 0.305 e. The number of H-pyrrole nitrogens is 1. The standard InChI is InChI=1S/C7H3F2NOS/c8-3-1-4(9)6-5(2-3)12-7(11)10-6/h1-2H,(H,10,11). The number of aromatic nitrogens is 1. The zero-order chi connectivity index (χ0) is 8.72. The molecule has 0 amide bonds. The molecule has 0 atom stereocenters. The molecule has 0 aliphatic carbocycles. The van der Waals surface area contributed by atoms with E-state index < -0.39 is 11.6 Å². The summed E-state index contributed by atoms with van der Waals surface area (Å²) in [6, 6.07) is 1.87. The van der Waals surface area contributed by atoms with Crippen molar-refractivity contribution >= 4 is 21.6 Å². The first-order valence-corrected chi connectivity index (χ1v) is 3.96. The molecule has 2 nitrogen and oxygen atoms in total. The summed E-state index contributed by atoms with van der Waals surface area (Å²) in [7, 11) is 0. The molecule has 0 radical (unpaired) electrons. The summed E-state index contributed by atoms with van der Waals surface area (Å²) in [5.41, 5.74) is 0.0754. The van der Waals surface area contributed by atoms with Crippen LogP contribution in [0.5, 0.6) is 0 Å². The number of thiazole rings is 1. The van der Waals surface area contributed by atoms with Gasteiger partial charge in [-0.2, -0.15) is 0 Å². The molecule has 1 aromatic heterocycles. The maximum Gasteiger partial charge on any atom is 0.305 e. The number of hydrogen-bond donors (Lipinski definition) is 1. The van der Waals surface area contributed by atoms with Gasteiger partial charge in [0, 0.05) is 6.07 Å². The second-order valence-electron chi connectivity index (χ2n) is 2.28. The Balaban J connectivity index is 2.97. The molecule has 0 saturated heterocycles. The average Bonchev–Trinajstić information content (AvgIpc) is 2.29. The van der Waals surface area contributed by atoms with Crippen molar-refractivity contribution in [1.29, 1.82) is 0 Å². The summed E-state index contributed by atoms with van der Waals surface area (Å²) >= 11 is 0.789. The fraction of sp³-hybridized carbons (Fsp3) is 0. The summed E-state index contributed by atoms with van der Waals surface area (Å²) < 4.78 is 25.7. The number of aromatic amines is 1. The van der Waals surface area contributed by atoms with Crippen molar-refractivity contribution in [2.45, 2.75) is 0 Å². The third-order valence-corrected chi connectivity index (χ3v) is 2.28. The number of nitrogens with one attached hydrogen (secondary N) is 1. The molecule has 2 aromatic rings. The van der Waals surface area contributed by atoms with Crippen LogP contribution in [-0.4, -0.2) is 4.98 Å². The Morgan fingerprint density at radius 2 is 2.08 bits per heavy atom. The molecule has 0 aliphatic heterocycles. The zero-order valence-electron chi connectivity index (χ0n) is 5.73. The molecule has 0 fully saturated rings. The largest absolute Gasteiger partial charge is 0.310 e. The van der Waals surface area contributed by atoms with Gasteiger partial charge in [0.1, 0.15) is 5.82 Å². The highest BCUT2D eigenvalue weighted by atomic mass is 32.1. The Labute approximate surface area is 69.5 Å². The van der Waals surface area contributed by atoms with E-state index in [0.717, 1.165) is 23.5 Å². The predicted octanol–water partition coefficient (Wildman–Crippen LogP) is 1.87. The van der Waals surface area contributed by atoms with Gasteiger partial charge in [0.2, 0.25) is 0 Å². The van der Waals surface area contributed by atoms with Crippen molar-refractivity contribution in [2.24, 2.45) is 0 Å². The van der Waals surface area contributed by atoms with Gasteiger partial charge in [-0.15, -0.1) is 0 Å². The topological polar surface area (TPSA) is 32.9 Å². The van der Waals surface area contributed by atoms with Crippen LogP contribution in [0.15, 0.2) is 16.9 Å². The first-order valence-electron chi connectivity index (χ1n) is 3.15. The van der Waals surface area contributed by atoms with Gasteiger partial charge in [-0.25, -0.2) is 8.78 Å². The minimum atomic E-state index is -0.733. The third kappa shape index (κ3) is 1.02. The van der Waals surface area contributed by atoms with Crippen molar-refractivity contribution in [3.8, 4) is 0 Å². The van der Waals surface area contributed by atoms with E-state index in [2.05, 4.69) is 4.98 Å². The molecular formula is C7H3F2NOS. The molecule has 0 bridgehead atoms. The number of rotatable bonds is 0. The van der Waals surface area contributed by atoms with Gasteiger partial charge in [0.05, 0.1) is 10.2 Å². The maximum absolute atomic E-state index is 12.9. The van der Waals surface area contributed by atoms with Gasteiger partial charge in [-0.3, -0.25) is 4.79 Å². The van der Waals surface area contributed by atoms with E-state index >= 15 is 0 Å². The molecule has 0 aliphatic rings. The number of benzene rings is 1. The van der Waals surface area contributed by atoms with E-state index in [1.165, 1.54) is 0 Å². The van der Waals surface area contributed by atoms with Crippen molar-refractivity contribution in [2.75, 3.05) is 0 Å². The van der Waals surface area contributed by atoms with E-state index in [9.17, 15) is 13.6 Å². The minimum Gasteiger partial charge on any atom is -0.310 e. The van der Waals surface area contributed by atoms with Crippen LogP contribution >= 0.6 is 11.3 Å². The highest BCUT2D eigenvalue weighted by Gasteiger charge is 2.06. The lowest BCUT2D eigenvalue weighted by atomic mass is 10.3. The highest BCUT2D eigenvalue weighted by molar-refractivity contribution is 7.16. The molecule has 1 N–H and O–H groups in total. The molecule has 0 unspecified atom stereocenters. The third-order valence-electron chi connectivity index (χ3n) is 1.45. The molecular weight excluding hydrogens is 184 g/mol. The van der Waals surface area contributed by atoms with Crippen LogP contribution in [0.2, 0.25) is 0 Å². The van der Waals surface area contributed by atoms with Crippen LogP contribution < -0.4 is 4.87 Å². The van der Waals surface area contributed by atoms with E-state index in [1.807, 2.05) is 0 Å². The summed E-state index contributed by atoms with van der Waals surface area (Å²) in [6.07, 6.45) is 0. The van der Waals surface area contributed by atoms with Crippen molar-refractivity contribution < 1.29 is 8.78 Å². The lowest BCUT2D eigenvalue weighted by Crippen LogP contribution is -1.91. The Morgan fingerprint density at radius 3 is 2.83 bits per heavy atom. The number of halogens is 2. The van der Waals surface area contributed by atoms with Gasteiger partial charge in [0.15, 0.2) is 5.82 Å². The first kappa shape index (κ1) is 7.42. The molecule has 0 saturated carbocycles. The second kappa shape index (κ2) is 2.38. The summed E-state index contributed by atoms with van der Waals surface area (Å²) in [6.45, 7) is 0. The van der Waals surface area contributed by atoms with Crippen LogP contribution in [0.1, 0.15) is 0 Å². The van der Waals surface area contributed by atoms with Crippen molar-refractivity contribution in [3.05, 3.63) is 33.4 Å². The summed E-state index contributed by atoms with van der Waals surface area (Å²) in [5.74, 6) is -1.40. The van der Waals surface area contributed by atoms with E-state index in [-0.39, 0.29) is 10.4 Å². The molecule has 0 spiro atoms. The molecule has 1 heterocycles. The van der Waals surface area contributed by atoms with E-state index in [4.69, 9.17) is 0 Å². The van der Waals surface area contributed by atoms with Crippen LogP contribution in [0.4, 0.5) is 8.78 Å². The Kier molecular flexibility index (Phi) is 1.47. The van der Waals surface area contributed by atoms with Gasteiger partial charge >= 0.3 is 4.87 Å². The molecule has 1 aromatic carbocycles. The summed E-state index contributed by atoms with van der Waals surface area (Å²) in [4.78, 5) is 12.6. The quantitative estimate of drug-likeness (QED) is 0.671. The predicted molar refractivity (Wildman–Crippen MR) is 42.4 cm³/mol. The van der Waals surface area contributed by atoms with Crippen LogP contribution in [0, 0.1) is 11.6 Å². The average molecular weight is 187 g/mol. The van der Waals surface area contributed by atoms with Crippen LogP contribution in [0.3, 0.4) is 0 Å². The normalized spacial score (nSPS) is 10.8. The van der Waals surface area contributed by atoms with Gasteiger partial charge in [0.25, 0.3) is 0 Å². The minimum absolute atomic E-state index is 0.0754. The molecule has 12 heavy (non-hydrogen) atoms. The molecule has 5 heteroatoms. The van der Waals surface area contributed by atoms with Crippen LogP contribution in [-0.2, 0) is 0 Å². The lowest BCUT2D eigenvalue weighted by Gasteiger charge is -1.90. The fourth-order valence-corrected chi connectivity index (χ4v) is 1.75. The van der Waals surface area contributed by atoms with Crippen molar-refractivity contribution in [3.63, 3.8) is 0 Å². The summed E-state index contributed by atoms with van der Waals surface area (Å²) in [5, 5.41) is 0. The molecule has 2 rings (SSSR count). The van der Waals surface area contributed by atoms with E-state index in [1.54, 1.807) is 0 Å². The van der Waals surface area contributed by atoms with E-state index in [0.29, 0.717) is 4.70 Å². The molecule has 62 valence electrons. The lowest BCUT2D eigenvalue weighted by molar-refractivity contribution is 0.591. The zero-order valence-corrected chi connectivity index (χ0v) is 6.54. The number of hydrogen-bond acceptors (Lipinski definition) is 2. The van der Waals surface area contributed by atoms with Gasteiger partial charge in [-0.05, 0) is 6.07 Å². The Bertz CT molecular complexity index is 488. The monoisotopic (exact) mass is 187 g/mol. The second-order valence-corrected chi connectivity index (χ2v) is 3.29. The van der Waals surface area contributed by atoms with Crippen molar-refractivity contribution in [1.82, 2.24) is 4.98 Å². The van der Waals surface area contributed by atoms with Gasteiger partial charge in [-0.1, -0.05) is 11.3 Å². The first-order chi connectivity index (χ1) is 5.66. The highest BCUT2D eigenvalue weighted by Crippen LogP contribution is 2.18. The number of fused-ring (bicyclic) bond motifs is 1. The Hall–Kier alpha value is -1.23. The Morgan fingerprint density at radius 1 is 1.33 bits per heavy atom. The van der Waals surface area contributed by atoms with Gasteiger partial charge < -0.3 is 4.98 Å².